The van der Waals surface area contributed by atoms with Gasteiger partial charge in [0.15, 0.2) is 7.14 Å². The summed E-state index contributed by atoms with van der Waals surface area (Å²) in [5.74, 6) is 0. The van der Waals surface area contributed by atoms with Crippen LogP contribution in [0.1, 0.15) is 20.9 Å². The van der Waals surface area contributed by atoms with Gasteiger partial charge in [-0.1, -0.05) is 103 Å². The first-order valence-electron chi connectivity index (χ1n) is 11.1. The molecule has 0 radical (unpaired) electrons. The van der Waals surface area contributed by atoms with Crippen LogP contribution in [-0.4, -0.2) is 0 Å². The van der Waals surface area contributed by atoms with Crippen LogP contribution < -0.4 is 15.9 Å². The Kier molecular flexibility index (Phi) is 5.55. The van der Waals surface area contributed by atoms with Crippen LogP contribution in [0.15, 0.2) is 103 Å². The topological polar surface area (TPSA) is 17.1 Å². The second-order valence-corrected chi connectivity index (χ2v) is 13.0. The molecule has 0 spiro atoms. The molecule has 0 fully saturated rings. The predicted molar refractivity (Wildman–Crippen MR) is 151 cm³/mol. The molecule has 164 valence electrons. The average molecular weight is 493 g/mol. The van der Waals surface area contributed by atoms with Gasteiger partial charge in [-0.3, -0.25) is 0 Å². The van der Waals surface area contributed by atoms with Gasteiger partial charge >= 0.3 is 0 Å². The fourth-order valence-electron chi connectivity index (χ4n) is 4.29. The van der Waals surface area contributed by atoms with Crippen molar-refractivity contribution in [2.45, 2.75) is 0 Å². The molecule has 0 aliphatic carbocycles. The Morgan fingerprint density at radius 3 is 1.38 bits per heavy atom. The average Bonchev–Trinajstić information content (AvgIpc) is 3.57. The Labute approximate surface area is 207 Å². The van der Waals surface area contributed by atoms with E-state index in [9.17, 15) is 4.57 Å². The minimum Gasteiger partial charge on any atom is -0.309 e. The minimum atomic E-state index is -2.90. The van der Waals surface area contributed by atoms with Crippen molar-refractivity contribution in [1.29, 1.82) is 0 Å². The summed E-state index contributed by atoms with van der Waals surface area (Å²) in [5, 5.41) is 2.87. The minimum absolute atomic E-state index is 0.905. The summed E-state index contributed by atoms with van der Waals surface area (Å²) in [7, 11) is -2.90. The summed E-state index contributed by atoms with van der Waals surface area (Å²) in [5.41, 5.74) is 2.32. The summed E-state index contributed by atoms with van der Waals surface area (Å²) in [6.45, 7) is 0. The molecular weight excluding hydrogens is 471 g/mol. The molecule has 0 amide bonds. The van der Waals surface area contributed by atoms with Crippen molar-refractivity contribution in [2.75, 3.05) is 0 Å². The normalized spacial score (nSPS) is 14.0. The number of thiophene rings is 2. The molecule has 5 aromatic rings. The van der Waals surface area contributed by atoms with Crippen LogP contribution in [0.4, 0.5) is 0 Å². The first-order valence-corrected chi connectivity index (χ1v) is 14.5. The molecule has 0 N–H and O–H groups in total. The lowest BCUT2D eigenvalue weighted by Crippen LogP contribution is -2.19. The number of fused-ring (bicyclic) bond motifs is 3. The van der Waals surface area contributed by atoms with Crippen LogP contribution in [0.25, 0.3) is 34.1 Å². The van der Waals surface area contributed by atoms with Crippen LogP contribution >= 0.6 is 29.8 Å². The van der Waals surface area contributed by atoms with Crippen molar-refractivity contribution >= 4 is 70.0 Å². The lowest BCUT2D eigenvalue weighted by atomic mass is 10.2. The second kappa shape index (κ2) is 8.85. The summed E-state index contributed by atoms with van der Waals surface area (Å²) in [4.78, 5) is 4.56. The molecule has 3 aromatic carbocycles. The zero-order chi connectivity index (χ0) is 23.0. The molecule has 4 heteroatoms. The van der Waals surface area contributed by atoms with Crippen LogP contribution in [0.3, 0.4) is 0 Å². The van der Waals surface area contributed by atoms with E-state index in [0.29, 0.717) is 0 Å². The van der Waals surface area contributed by atoms with Crippen molar-refractivity contribution in [3.05, 3.63) is 124 Å². The molecule has 0 atom stereocenters. The van der Waals surface area contributed by atoms with Crippen LogP contribution in [0.2, 0.25) is 0 Å². The van der Waals surface area contributed by atoms with Crippen molar-refractivity contribution in [2.24, 2.45) is 0 Å². The molecule has 0 bridgehead atoms. The van der Waals surface area contributed by atoms with E-state index in [-0.39, 0.29) is 0 Å². The molecule has 6 rings (SSSR count). The van der Waals surface area contributed by atoms with Gasteiger partial charge in [0.2, 0.25) is 0 Å². The smallest absolute Gasteiger partial charge is 0.174 e. The van der Waals surface area contributed by atoms with Crippen LogP contribution in [-0.2, 0) is 4.57 Å². The van der Waals surface area contributed by atoms with E-state index in [1.54, 1.807) is 22.7 Å². The number of hydrogen-bond donors (Lipinski definition) is 0. The molecule has 2 aromatic heterocycles. The van der Waals surface area contributed by atoms with E-state index in [1.807, 2.05) is 66.7 Å². The maximum absolute atomic E-state index is 14.8. The second-order valence-electron chi connectivity index (χ2n) is 8.16. The van der Waals surface area contributed by atoms with Gasteiger partial charge in [-0.25, -0.2) is 0 Å². The van der Waals surface area contributed by atoms with Gasteiger partial charge in [0, 0.05) is 25.7 Å². The van der Waals surface area contributed by atoms with Gasteiger partial charge in [-0.15, -0.1) is 22.7 Å². The predicted octanol–water partition coefficient (Wildman–Crippen LogP) is 7.77. The monoisotopic (exact) mass is 492 g/mol. The number of hydrogen-bond acceptors (Lipinski definition) is 3. The molecule has 1 aliphatic rings. The first-order chi connectivity index (χ1) is 16.7. The zero-order valence-electron chi connectivity index (χ0n) is 18.3. The highest BCUT2D eigenvalue weighted by Gasteiger charge is 2.43. The van der Waals surface area contributed by atoms with E-state index in [0.717, 1.165) is 46.5 Å². The lowest BCUT2D eigenvalue weighted by molar-refractivity contribution is 0.593. The Hall–Kier alpha value is -3.23. The van der Waals surface area contributed by atoms with E-state index < -0.39 is 7.14 Å². The first kappa shape index (κ1) is 21.3. The zero-order valence-corrected chi connectivity index (χ0v) is 20.8. The Balaban J connectivity index is 1.45. The van der Waals surface area contributed by atoms with Crippen molar-refractivity contribution in [3.63, 3.8) is 0 Å². The van der Waals surface area contributed by atoms with Gasteiger partial charge in [0.1, 0.15) is 0 Å². The third-order valence-electron chi connectivity index (χ3n) is 5.95. The highest BCUT2D eigenvalue weighted by Crippen LogP contribution is 2.57. The van der Waals surface area contributed by atoms with Gasteiger partial charge in [-0.05, 0) is 35.4 Å². The van der Waals surface area contributed by atoms with E-state index >= 15 is 0 Å². The van der Waals surface area contributed by atoms with Gasteiger partial charge in [0.05, 0.1) is 9.75 Å². The molecule has 0 saturated heterocycles. The van der Waals surface area contributed by atoms with E-state index in [4.69, 9.17) is 0 Å². The maximum Gasteiger partial charge on any atom is 0.174 e. The third kappa shape index (κ3) is 3.76. The Bertz CT molecular complexity index is 1460. The quantitative estimate of drug-likeness (QED) is 0.225. The largest absolute Gasteiger partial charge is 0.309 e. The van der Waals surface area contributed by atoms with Gasteiger partial charge < -0.3 is 4.57 Å². The molecule has 1 aliphatic heterocycles. The van der Waals surface area contributed by atoms with Crippen LogP contribution in [0, 0.1) is 0 Å². The van der Waals surface area contributed by atoms with E-state index in [1.165, 1.54) is 0 Å². The summed E-state index contributed by atoms with van der Waals surface area (Å²) in [6, 6.07) is 34.8. The van der Waals surface area contributed by atoms with Gasteiger partial charge in [0.25, 0.3) is 0 Å². The summed E-state index contributed by atoms with van der Waals surface area (Å²) in [6.07, 6.45) is 8.52. The molecule has 3 heterocycles. The highest BCUT2D eigenvalue weighted by atomic mass is 32.1. The van der Waals surface area contributed by atoms with Crippen LogP contribution in [0.5, 0.6) is 0 Å². The SMILES string of the molecule is O=P1(c2ccccc2)c2cc(/C=C/c3ccccc3)sc2-c2sc(/C=C/c3ccccc3)cc21. The van der Waals surface area contributed by atoms with E-state index in [2.05, 4.69) is 60.7 Å². The molecule has 0 unspecified atom stereocenters. The Morgan fingerprint density at radius 1 is 0.529 bits per heavy atom. The van der Waals surface area contributed by atoms with Crippen molar-refractivity contribution in [1.82, 2.24) is 0 Å². The van der Waals surface area contributed by atoms with Gasteiger partial charge in [-0.2, -0.15) is 0 Å². The molecule has 0 saturated carbocycles. The summed E-state index contributed by atoms with van der Waals surface area (Å²) >= 11 is 3.47. The Morgan fingerprint density at radius 2 is 0.941 bits per heavy atom. The number of rotatable bonds is 5. The van der Waals surface area contributed by atoms with Crippen molar-refractivity contribution in [3.8, 4) is 9.75 Å². The van der Waals surface area contributed by atoms with Crippen molar-refractivity contribution < 1.29 is 4.57 Å². The highest BCUT2D eigenvalue weighted by molar-refractivity contribution is 7.87. The standard InChI is InChI=1S/C30H21OPS2/c31-32(24-14-8-3-9-15-24)27-20-25(18-16-22-10-4-1-5-11-22)33-29(27)30-28(32)21-26(34-30)19-17-23-12-6-2-7-13-23/h1-21H/b18-16+,19-17+. The number of benzene rings is 3. The molecular formula is C30H21OPS2. The molecule has 34 heavy (non-hydrogen) atoms. The fraction of sp³-hybridized carbons (Fsp3) is 0. The third-order valence-corrected chi connectivity index (χ3v) is 11.7. The fourth-order valence-corrected chi connectivity index (χ4v) is 10.6. The summed E-state index contributed by atoms with van der Waals surface area (Å²) < 4.78 is 14.8. The maximum atomic E-state index is 14.8. The molecule has 1 nitrogen and oxygen atoms in total. The lowest BCUT2D eigenvalue weighted by Gasteiger charge is -2.13.